The monoisotopic (exact) mass is 763 g/mol. The van der Waals surface area contributed by atoms with E-state index < -0.39 is 0 Å². The highest BCUT2D eigenvalue weighted by Crippen LogP contribution is 2.40. The van der Waals surface area contributed by atoms with Gasteiger partial charge in [0, 0.05) is 81.3 Å². The van der Waals surface area contributed by atoms with Gasteiger partial charge in [0.2, 0.25) is 5.95 Å². The Balaban J connectivity index is 0.970. The molecule has 6 heterocycles. The first kappa shape index (κ1) is 30.9. The molecule has 0 aliphatic rings. The van der Waals surface area contributed by atoms with Gasteiger partial charge in [0.05, 0.1) is 35.8 Å². The normalized spacial score (nSPS) is 12.2. The van der Waals surface area contributed by atoms with Crippen molar-refractivity contribution in [2.75, 3.05) is 0 Å². The van der Waals surface area contributed by atoms with Crippen molar-refractivity contribution in [3.05, 3.63) is 189 Å². The number of fused-ring (bicyclic) bond motifs is 9. The Labute approximate surface area is 339 Å². The smallest absolute Gasteiger partial charge is 0.234 e. The van der Waals surface area contributed by atoms with E-state index in [0.717, 1.165) is 77.1 Å². The first-order chi connectivity index (χ1) is 30.1. The van der Waals surface area contributed by atoms with Crippen molar-refractivity contribution in [3.63, 3.8) is 0 Å². The fraction of sp³-hybridized carbons (Fsp3) is 0. The van der Waals surface area contributed by atoms with Crippen LogP contribution in [0.25, 0.3) is 83.0 Å². The molecule has 0 saturated heterocycles. The molecule has 12 rings (SSSR count). The number of rotatable bonds is 7. The maximum absolute atomic E-state index is 8.42. The molecule has 0 fully saturated rings. The number of hydrogen-bond donors (Lipinski definition) is 0. The molecule has 0 N–H and O–H groups in total. The maximum atomic E-state index is 8.42. The maximum Gasteiger partial charge on any atom is 0.234 e. The SMILES string of the molecule is [2H]c1cnc(-n2c3cc(Oc4ccc5c6ccccc6n(-c6ccccn6)c5c4)ccc3c3ccc(Oc4ccc5c6ccccc6n(-c6ccccn6)c5c4)cc32)nc1[2H]. The minimum Gasteiger partial charge on any atom is -0.457 e. The van der Waals surface area contributed by atoms with E-state index in [9.17, 15) is 0 Å². The molecule has 0 spiro atoms. The van der Waals surface area contributed by atoms with Crippen molar-refractivity contribution < 1.29 is 12.2 Å². The minimum absolute atomic E-state index is 0.0606. The zero-order valence-corrected chi connectivity index (χ0v) is 31.2. The van der Waals surface area contributed by atoms with Crippen LogP contribution < -0.4 is 9.47 Å². The molecule has 9 heteroatoms. The Morgan fingerprint density at radius 1 is 0.356 bits per heavy atom. The van der Waals surface area contributed by atoms with Crippen LogP contribution in [0.15, 0.2) is 189 Å². The zero-order chi connectivity index (χ0) is 40.6. The number of aromatic nitrogens is 7. The van der Waals surface area contributed by atoms with Crippen LogP contribution in [0.4, 0.5) is 0 Å². The summed E-state index contributed by atoms with van der Waals surface area (Å²) >= 11 is 0. The summed E-state index contributed by atoms with van der Waals surface area (Å²) in [4.78, 5) is 18.4. The lowest BCUT2D eigenvalue weighted by Crippen LogP contribution is -2.00. The molecule has 278 valence electrons. The van der Waals surface area contributed by atoms with E-state index in [1.54, 1.807) is 12.4 Å². The van der Waals surface area contributed by atoms with Crippen molar-refractivity contribution in [1.29, 1.82) is 0 Å². The molecular weight excluding hydrogens is 731 g/mol. The summed E-state index contributed by atoms with van der Waals surface area (Å²) in [5.74, 6) is 4.43. The van der Waals surface area contributed by atoms with Crippen LogP contribution in [0.1, 0.15) is 2.74 Å². The van der Waals surface area contributed by atoms with Gasteiger partial charge >= 0.3 is 0 Å². The lowest BCUT2D eigenvalue weighted by molar-refractivity contribution is 0.484. The van der Waals surface area contributed by atoms with Gasteiger partial charge in [0.1, 0.15) is 34.6 Å². The Bertz CT molecular complexity index is 3480. The number of nitrogens with zero attached hydrogens (tertiary/aromatic N) is 7. The third-order valence-electron chi connectivity index (χ3n) is 10.9. The van der Waals surface area contributed by atoms with Gasteiger partial charge in [-0.1, -0.05) is 48.5 Å². The number of pyridine rings is 2. The summed E-state index contributed by atoms with van der Waals surface area (Å²) in [6.45, 7) is 0. The van der Waals surface area contributed by atoms with Crippen LogP contribution in [0, 0.1) is 0 Å². The van der Waals surface area contributed by atoms with Gasteiger partial charge in [-0.2, -0.15) is 0 Å². The summed E-state index contributed by atoms with van der Waals surface area (Å²) in [5, 5.41) is 6.32. The van der Waals surface area contributed by atoms with Crippen molar-refractivity contribution in [2.45, 2.75) is 0 Å². The van der Waals surface area contributed by atoms with Gasteiger partial charge in [-0.25, -0.2) is 19.9 Å². The molecule has 6 aromatic heterocycles. The Kier molecular flexibility index (Phi) is 6.88. The highest BCUT2D eigenvalue weighted by Gasteiger charge is 2.19. The van der Waals surface area contributed by atoms with Crippen LogP contribution in [-0.4, -0.2) is 33.6 Å². The predicted molar refractivity (Wildman–Crippen MR) is 234 cm³/mol. The van der Waals surface area contributed by atoms with Crippen LogP contribution in [-0.2, 0) is 0 Å². The fourth-order valence-electron chi connectivity index (χ4n) is 8.42. The van der Waals surface area contributed by atoms with E-state index in [4.69, 9.17) is 12.2 Å². The van der Waals surface area contributed by atoms with Gasteiger partial charge in [-0.15, -0.1) is 0 Å². The molecule has 0 aliphatic heterocycles. The van der Waals surface area contributed by atoms with E-state index in [-0.39, 0.29) is 18.2 Å². The average Bonchev–Trinajstić information content (AvgIpc) is 3.92. The molecule has 9 nitrogen and oxygen atoms in total. The van der Waals surface area contributed by atoms with Crippen molar-refractivity contribution in [2.24, 2.45) is 0 Å². The van der Waals surface area contributed by atoms with Gasteiger partial charge in [0.25, 0.3) is 0 Å². The minimum atomic E-state index is -0.173. The molecule has 0 aliphatic carbocycles. The summed E-state index contributed by atoms with van der Waals surface area (Å²) in [5.41, 5.74) is 5.61. The molecule has 0 unspecified atom stereocenters. The Morgan fingerprint density at radius 2 is 0.763 bits per heavy atom. The average molecular weight is 764 g/mol. The second kappa shape index (κ2) is 13.1. The Hall–Kier alpha value is -8.30. The quantitative estimate of drug-likeness (QED) is 0.161. The number of ether oxygens (including phenoxy) is 2. The first-order valence-corrected chi connectivity index (χ1v) is 19.2. The lowest BCUT2D eigenvalue weighted by Gasteiger charge is -2.10. The highest BCUT2D eigenvalue weighted by molar-refractivity contribution is 6.11. The van der Waals surface area contributed by atoms with E-state index in [1.165, 1.54) is 6.20 Å². The number of para-hydroxylation sites is 2. The third kappa shape index (κ3) is 5.33. The van der Waals surface area contributed by atoms with Gasteiger partial charge in [-0.05, 0) is 91.0 Å². The summed E-state index contributed by atoms with van der Waals surface area (Å²) in [6, 6.07) is 52.5. The second-order valence-corrected chi connectivity index (χ2v) is 14.3. The van der Waals surface area contributed by atoms with E-state index in [2.05, 4.69) is 65.5 Å². The molecule has 0 amide bonds. The largest absolute Gasteiger partial charge is 0.457 e. The summed E-state index contributed by atoms with van der Waals surface area (Å²) in [6.07, 6.45) is 4.78. The van der Waals surface area contributed by atoms with E-state index in [0.29, 0.717) is 23.0 Å². The summed E-state index contributed by atoms with van der Waals surface area (Å²) < 4.78 is 36.0. The molecule has 0 saturated carbocycles. The zero-order valence-electron chi connectivity index (χ0n) is 33.2. The standard InChI is InChI=1S/C50H31N7O2/c1-3-12-42-36(10-1)38-20-16-32(28-44(38)55(42)48-14-5-7-24-51-48)58-34-18-22-40-41-23-19-35(31-47(41)57(46(40)30-34)50-53-26-9-27-54-50)59-33-17-21-39-37-11-2-4-13-43(37)56(45(39)29-33)49-15-6-8-25-52-49/h1-31H/i9D,26D. The molecular formula is C50H31N7O2. The van der Waals surface area contributed by atoms with Crippen molar-refractivity contribution >= 4 is 65.4 Å². The van der Waals surface area contributed by atoms with Gasteiger partial charge < -0.3 is 9.47 Å². The molecule has 0 atom stereocenters. The van der Waals surface area contributed by atoms with Crippen LogP contribution in [0.2, 0.25) is 0 Å². The molecule has 0 radical (unpaired) electrons. The van der Waals surface area contributed by atoms with Gasteiger partial charge in [-0.3, -0.25) is 13.7 Å². The molecule has 12 aromatic rings. The van der Waals surface area contributed by atoms with E-state index >= 15 is 0 Å². The number of hydrogen-bond acceptors (Lipinski definition) is 6. The van der Waals surface area contributed by atoms with Gasteiger partial charge in [0.15, 0.2) is 0 Å². The fourth-order valence-corrected chi connectivity index (χ4v) is 8.42. The topological polar surface area (TPSA) is 84.8 Å². The Morgan fingerprint density at radius 3 is 1.19 bits per heavy atom. The summed E-state index contributed by atoms with van der Waals surface area (Å²) in [7, 11) is 0. The molecule has 59 heavy (non-hydrogen) atoms. The van der Waals surface area contributed by atoms with Crippen molar-refractivity contribution in [3.8, 4) is 40.6 Å². The molecule has 6 aromatic carbocycles. The highest BCUT2D eigenvalue weighted by atomic mass is 16.5. The van der Waals surface area contributed by atoms with Crippen LogP contribution >= 0.6 is 0 Å². The van der Waals surface area contributed by atoms with Crippen molar-refractivity contribution in [1.82, 2.24) is 33.6 Å². The lowest BCUT2D eigenvalue weighted by atomic mass is 10.1. The second-order valence-electron chi connectivity index (χ2n) is 14.3. The number of benzene rings is 6. The van der Waals surface area contributed by atoms with E-state index in [1.807, 2.05) is 126 Å². The van der Waals surface area contributed by atoms with Crippen LogP contribution in [0.3, 0.4) is 0 Å². The third-order valence-corrected chi connectivity index (χ3v) is 10.9. The first-order valence-electron chi connectivity index (χ1n) is 20.2. The van der Waals surface area contributed by atoms with Crippen LogP contribution in [0.5, 0.6) is 23.0 Å². The predicted octanol–water partition coefficient (Wildman–Crippen LogP) is 12.1. The molecule has 0 bridgehead atoms.